The van der Waals surface area contributed by atoms with Gasteiger partial charge in [-0.1, -0.05) is 0 Å². The van der Waals surface area contributed by atoms with Crippen molar-refractivity contribution < 1.29 is 4.79 Å². The third-order valence-corrected chi connectivity index (χ3v) is 5.98. The minimum Gasteiger partial charge on any atom is -0.349 e. The van der Waals surface area contributed by atoms with E-state index in [0.717, 1.165) is 59.5 Å². The van der Waals surface area contributed by atoms with Crippen LogP contribution in [0.15, 0.2) is 36.9 Å². The second kappa shape index (κ2) is 6.05. The third kappa shape index (κ3) is 2.52. The van der Waals surface area contributed by atoms with E-state index < -0.39 is 0 Å². The van der Waals surface area contributed by atoms with Crippen molar-refractivity contribution in [2.45, 2.75) is 19.6 Å². The van der Waals surface area contributed by atoms with Gasteiger partial charge in [-0.25, -0.2) is 4.98 Å². The lowest BCUT2D eigenvalue weighted by atomic mass is 10.0. The number of pyridine rings is 1. The molecule has 4 aromatic heterocycles. The van der Waals surface area contributed by atoms with Crippen molar-refractivity contribution in [3.8, 4) is 22.3 Å². The van der Waals surface area contributed by atoms with E-state index in [0.29, 0.717) is 12.2 Å². The predicted molar refractivity (Wildman–Crippen MR) is 109 cm³/mol. The number of likely N-dealkylation sites (N-methyl/N-ethyl adjacent to an activating group) is 1. The summed E-state index contributed by atoms with van der Waals surface area (Å²) >= 11 is 0. The van der Waals surface area contributed by atoms with Crippen LogP contribution < -0.4 is 5.32 Å². The van der Waals surface area contributed by atoms with Crippen molar-refractivity contribution in [2.75, 3.05) is 20.1 Å². The van der Waals surface area contributed by atoms with E-state index in [-0.39, 0.29) is 5.91 Å². The molecule has 6 rings (SSSR count). The van der Waals surface area contributed by atoms with Crippen LogP contribution in [0.25, 0.3) is 33.3 Å². The number of amides is 1. The summed E-state index contributed by atoms with van der Waals surface area (Å²) in [5.41, 5.74) is 7.06. The van der Waals surface area contributed by atoms with E-state index in [1.54, 1.807) is 0 Å². The normalized spacial score (nSPS) is 16.7. The molecule has 0 unspecified atom stereocenters. The van der Waals surface area contributed by atoms with E-state index >= 15 is 0 Å². The number of fused-ring (bicyclic) bond motifs is 3. The van der Waals surface area contributed by atoms with Gasteiger partial charge >= 0.3 is 0 Å². The van der Waals surface area contributed by atoms with Crippen LogP contribution >= 0.6 is 0 Å². The first kappa shape index (κ1) is 16.6. The minimum absolute atomic E-state index is 0.0169. The van der Waals surface area contributed by atoms with Crippen LogP contribution in [0.4, 0.5) is 0 Å². The lowest BCUT2D eigenvalue weighted by Gasteiger charge is -2.24. The van der Waals surface area contributed by atoms with Gasteiger partial charge in [-0.2, -0.15) is 5.10 Å². The Labute approximate surface area is 167 Å². The van der Waals surface area contributed by atoms with Crippen molar-refractivity contribution in [3.05, 3.63) is 48.3 Å². The Bertz CT molecular complexity index is 1260. The molecule has 29 heavy (non-hydrogen) atoms. The molecular weight excluding hydrogens is 366 g/mol. The molecule has 0 aliphatic carbocycles. The number of aromatic nitrogens is 5. The van der Waals surface area contributed by atoms with Gasteiger partial charge in [-0.05, 0) is 19.2 Å². The number of hydrogen-bond donors (Lipinski definition) is 2. The quantitative estimate of drug-likeness (QED) is 0.552. The average molecular weight is 387 g/mol. The number of carbonyl (C=O) groups excluding carboxylic acids is 1. The van der Waals surface area contributed by atoms with Gasteiger partial charge in [0, 0.05) is 72.4 Å². The zero-order valence-corrected chi connectivity index (χ0v) is 16.1. The lowest BCUT2D eigenvalue weighted by molar-refractivity contribution is 0.0928. The summed E-state index contributed by atoms with van der Waals surface area (Å²) in [6.45, 7) is 4.27. The number of nitrogens with zero attached hydrogens (tertiary/aromatic N) is 5. The highest BCUT2D eigenvalue weighted by molar-refractivity contribution is 5.99. The second-order valence-electron chi connectivity index (χ2n) is 7.85. The second-order valence-corrected chi connectivity index (χ2v) is 7.85. The Kier molecular flexibility index (Phi) is 3.45. The van der Waals surface area contributed by atoms with Gasteiger partial charge in [0.15, 0.2) is 0 Å². The zero-order valence-electron chi connectivity index (χ0n) is 16.1. The Balaban J connectivity index is 1.47. The van der Waals surface area contributed by atoms with Gasteiger partial charge < -0.3 is 14.9 Å². The van der Waals surface area contributed by atoms with Crippen LogP contribution in [0.3, 0.4) is 0 Å². The Morgan fingerprint density at radius 1 is 1.07 bits per heavy atom. The van der Waals surface area contributed by atoms with Gasteiger partial charge in [-0.15, -0.1) is 0 Å². The van der Waals surface area contributed by atoms with Crippen LogP contribution in [-0.2, 0) is 19.6 Å². The van der Waals surface area contributed by atoms with Crippen LogP contribution in [0.2, 0.25) is 0 Å². The van der Waals surface area contributed by atoms with Gasteiger partial charge in [0.05, 0.1) is 18.4 Å². The molecule has 1 amide bonds. The number of hydrogen-bond acceptors (Lipinski definition) is 4. The fourth-order valence-electron chi connectivity index (χ4n) is 4.41. The number of aromatic amines is 1. The summed E-state index contributed by atoms with van der Waals surface area (Å²) in [4.78, 5) is 22.4. The highest BCUT2D eigenvalue weighted by Crippen LogP contribution is 2.34. The van der Waals surface area contributed by atoms with Crippen LogP contribution in [-0.4, -0.2) is 55.3 Å². The molecule has 146 valence electrons. The molecule has 0 saturated carbocycles. The maximum Gasteiger partial charge on any atom is 0.267 e. The van der Waals surface area contributed by atoms with Crippen LogP contribution in [0.5, 0.6) is 0 Å². The number of nitrogens with one attached hydrogen (secondary N) is 2. The molecule has 0 aromatic carbocycles. The van der Waals surface area contributed by atoms with E-state index in [1.165, 1.54) is 5.69 Å². The first-order chi connectivity index (χ1) is 14.2. The van der Waals surface area contributed by atoms with Gasteiger partial charge in [-0.3, -0.25) is 14.4 Å². The minimum atomic E-state index is -0.0169. The molecule has 0 saturated heterocycles. The van der Waals surface area contributed by atoms with Crippen molar-refractivity contribution in [3.63, 3.8) is 0 Å². The molecule has 0 fully saturated rings. The fourth-order valence-corrected chi connectivity index (χ4v) is 4.41. The lowest BCUT2D eigenvalue weighted by Crippen LogP contribution is -2.34. The topological polar surface area (TPSA) is 83.8 Å². The summed E-state index contributed by atoms with van der Waals surface area (Å²) in [7, 11) is 2.14. The smallest absolute Gasteiger partial charge is 0.267 e. The molecule has 8 heteroatoms. The van der Waals surface area contributed by atoms with E-state index in [2.05, 4.69) is 49.3 Å². The largest absolute Gasteiger partial charge is 0.349 e. The molecule has 0 spiro atoms. The molecule has 2 aliphatic heterocycles. The molecule has 6 heterocycles. The first-order valence-corrected chi connectivity index (χ1v) is 9.87. The Morgan fingerprint density at radius 3 is 2.90 bits per heavy atom. The standard InChI is InChI=1S/C21H21N7O/c1-26-4-5-28-19(12-26)17(10-25-28)13-6-15-16(9-24-20(15)23-8-13)14-7-18-21(29)22-2-3-27(18)11-14/h6-11H,2-5,12H2,1H3,(H,22,29)(H,23,24). The van der Waals surface area contributed by atoms with Gasteiger partial charge in [0.25, 0.3) is 5.91 Å². The first-order valence-electron chi connectivity index (χ1n) is 9.87. The van der Waals surface area contributed by atoms with Crippen molar-refractivity contribution in [1.82, 2.24) is 34.5 Å². The highest BCUT2D eigenvalue weighted by atomic mass is 16.2. The fraction of sp³-hybridized carbons (Fsp3) is 0.286. The van der Waals surface area contributed by atoms with E-state index in [4.69, 9.17) is 0 Å². The summed E-state index contributed by atoms with van der Waals surface area (Å²) in [5, 5.41) is 8.53. The average Bonchev–Trinajstić information content (AvgIpc) is 3.43. The molecule has 4 aromatic rings. The maximum atomic E-state index is 12.1. The predicted octanol–water partition coefficient (Wildman–Crippen LogP) is 2.08. The Morgan fingerprint density at radius 2 is 2.00 bits per heavy atom. The molecule has 0 atom stereocenters. The summed E-state index contributed by atoms with van der Waals surface area (Å²) in [6, 6.07) is 4.14. The van der Waals surface area contributed by atoms with Crippen LogP contribution in [0, 0.1) is 0 Å². The van der Waals surface area contributed by atoms with Crippen LogP contribution in [0.1, 0.15) is 16.2 Å². The summed E-state index contributed by atoms with van der Waals surface area (Å²) < 4.78 is 4.12. The monoisotopic (exact) mass is 387 g/mol. The molecule has 8 nitrogen and oxygen atoms in total. The molecule has 0 bridgehead atoms. The van der Waals surface area contributed by atoms with Gasteiger partial charge in [0.2, 0.25) is 0 Å². The number of rotatable bonds is 2. The van der Waals surface area contributed by atoms with E-state index in [9.17, 15) is 4.79 Å². The SMILES string of the molecule is CN1CCn2ncc(-c3cnc4[nH]cc(-c5cc6n(c5)CCNC6=O)c4c3)c2C1. The molecule has 0 radical (unpaired) electrons. The summed E-state index contributed by atoms with van der Waals surface area (Å²) in [5.74, 6) is -0.0169. The molecule has 2 N–H and O–H groups in total. The zero-order chi connectivity index (χ0) is 19.5. The summed E-state index contributed by atoms with van der Waals surface area (Å²) in [6.07, 6.45) is 7.89. The molecular formula is C21H21N7O. The van der Waals surface area contributed by atoms with Crippen molar-refractivity contribution >= 4 is 16.9 Å². The van der Waals surface area contributed by atoms with E-state index in [1.807, 2.05) is 29.2 Å². The third-order valence-electron chi connectivity index (χ3n) is 5.98. The molecule has 2 aliphatic rings. The number of H-pyrrole nitrogens is 1. The highest BCUT2D eigenvalue weighted by Gasteiger charge is 2.22. The van der Waals surface area contributed by atoms with Gasteiger partial charge in [0.1, 0.15) is 11.3 Å². The Hall–Kier alpha value is -3.39. The maximum absolute atomic E-state index is 12.1. The van der Waals surface area contributed by atoms with Crippen molar-refractivity contribution in [1.29, 1.82) is 0 Å². The number of carbonyl (C=O) groups is 1. The van der Waals surface area contributed by atoms with Crippen molar-refractivity contribution in [2.24, 2.45) is 0 Å².